The van der Waals surface area contributed by atoms with Crippen LogP contribution in [0.4, 0.5) is 0 Å². The highest BCUT2D eigenvalue weighted by atomic mass is 35.5. The first kappa shape index (κ1) is 13.2. The first-order chi connectivity index (χ1) is 8.11. The van der Waals surface area contributed by atoms with E-state index in [1.54, 1.807) is 0 Å². The number of rotatable bonds is 4. The zero-order chi connectivity index (χ0) is 12.3. The number of benzene rings is 1. The van der Waals surface area contributed by atoms with E-state index in [0.29, 0.717) is 23.3 Å². The highest BCUT2D eigenvalue weighted by molar-refractivity contribution is 6.35. The highest BCUT2D eigenvalue weighted by Gasteiger charge is 2.29. The summed E-state index contributed by atoms with van der Waals surface area (Å²) >= 11 is 12.1. The van der Waals surface area contributed by atoms with Crippen LogP contribution in [0.5, 0.6) is 0 Å². The predicted octanol–water partition coefficient (Wildman–Crippen LogP) is 4.08. The summed E-state index contributed by atoms with van der Waals surface area (Å²) in [4.78, 5) is 0. The Labute approximate surface area is 112 Å². The molecular weight excluding hydrogens is 259 g/mol. The van der Waals surface area contributed by atoms with E-state index in [-0.39, 0.29) is 5.60 Å². The summed E-state index contributed by atoms with van der Waals surface area (Å²) in [6, 6.07) is 5.47. The molecule has 0 N–H and O–H groups in total. The van der Waals surface area contributed by atoms with Gasteiger partial charge >= 0.3 is 0 Å². The summed E-state index contributed by atoms with van der Waals surface area (Å²) in [5, 5.41) is 1.30. The maximum atomic E-state index is 6.06. The van der Waals surface area contributed by atoms with Gasteiger partial charge in [0, 0.05) is 22.2 Å². The van der Waals surface area contributed by atoms with Gasteiger partial charge in [0.15, 0.2) is 0 Å². The van der Waals surface area contributed by atoms with Crippen molar-refractivity contribution in [3.63, 3.8) is 0 Å². The monoisotopic (exact) mass is 274 g/mol. The summed E-state index contributed by atoms with van der Waals surface area (Å²) in [7, 11) is 0. The van der Waals surface area contributed by atoms with Crippen LogP contribution in [0, 0.1) is 0 Å². The van der Waals surface area contributed by atoms with Crippen molar-refractivity contribution < 1.29 is 9.47 Å². The van der Waals surface area contributed by atoms with Crippen LogP contribution in [0.2, 0.25) is 10.0 Å². The van der Waals surface area contributed by atoms with Gasteiger partial charge < -0.3 is 9.47 Å². The van der Waals surface area contributed by atoms with Crippen molar-refractivity contribution in [2.75, 3.05) is 13.2 Å². The Morgan fingerprint density at radius 2 is 2.06 bits per heavy atom. The molecule has 0 radical (unpaired) electrons. The molecule has 0 saturated carbocycles. The molecule has 1 aliphatic rings. The van der Waals surface area contributed by atoms with E-state index < -0.39 is 0 Å². The Morgan fingerprint density at radius 3 is 2.65 bits per heavy atom. The van der Waals surface area contributed by atoms with Gasteiger partial charge in [0.1, 0.15) is 0 Å². The summed E-state index contributed by atoms with van der Waals surface area (Å²) in [5.41, 5.74) is 0.700. The molecule has 1 aromatic carbocycles. The van der Waals surface area contributed by atoms with Gasteiger partial charge in [0.2, 0.25) is 0 Å². The maximum absolute atomic E-state index is 6.06. The summed E-state index contributed by atoms with van der Waals surface area (Å²) in [6.45, 7) is 3.91. The molecule has 2 nitrogen and oxygen atoms in total. The standard InChI is InChI=1S/C13H16Cl2O2/c1-13(6-3-7-17-13)9-16-8-10-11(14)4-2-5-12(10)15/h2,4-5H,3,6-9H2,1H3. The van der Waals surface area contributed by atoms with Crippen LogP contribution in [-0.4, -0.2) is 18.8 Å². The van der Waals surface area contributed by atoms with Crippen molar-refractivity contribution in [3.05, 3.63) is 33.8 Å². The SMILES string of the molecule is CC1(COCc2c(Cl)cccc2Cl)CCCO1. The van der Waals surface area contributed by atoms with E-state index in [0.717, 1.165) is 25.0 Å². The molecule has 4 heteroatoms. The van der Waals surface area contributed by atoms with E-state index in [2.05, 4.69) is 6.92 Å². The predicted molar refractivity (Wildman–Crippen MR) is 69.7 cm³/mol. The smallest absolute Gasteiger partial charge is 0.0887 e. The summed E-state index contributed by atoms with van der Waals surface area (Å²) in [5.74, 6) is 0. The minimum absolute atomic E-state index is 0.145. The van der Waals surface area contributed by atoms with Crippen molar-refractivity contribution in [2.24, 2.45) is 0 Å². The van der Waals surface area contributed by atoms with Crippen LogP contribution in [-0.2, 0) is 16.1 Å². The largest absolute Gasteiger partial charge is 0.374 e. The van der Waals surface area contributed by atoms with Crippen molar-refractivity contribution in [1.82, 2.24) is 0 Å². The van der Waals surface area contributed by atoms with E-state index in [4.69, 9.17) is 32.7 Å². The average Bonchev–Trinajstić information content (AvgIpc) is 2.70. The van der Waals surface area contributed by atoms with Gasteiger partial charge in [-0.1, -0.05) is 29.3 Å². The minimum Gasteiger partial charge on any atom is -0.374 e. The van der Waals surface area contributed by atoms with Crippen molar-refractivity contribution >= 4 is 23.2 Å². The van der Waals surface area contributed by atoms with Crippen LogP contribution < -0.4 is 0 Å². The molecule has 1 saturated heterocycles. The first-order valence-electron chi connectivity index (χ1n) is 5.75. The Bertz CT molecular complexity index is 367. The van der Waals surface area contributed by atoms with Gasteiger partial charge in [-0.3, -0.25) is 0 Å². The van der Waals surface area contributed by atoms with E-state index in [9.17, 15) is 0 Å². The second kappa shape index (κ2) is 5.57. The Balaban J connectivity index is 1.90. The lowest BCUT2D eigenvalue weighted by molar-refractivity contribution is -0.0558. The zero-order valence-corrected chi connectivity index (χ0v) is 11.4. The molecule has 1 atom stereocenters. The number of ether oxygens (including phenoxy) is 2. The molecule has 1 aliphatic heterocycles. The molecule has 0 aromatic heterocycles. The maximum Gasteiger partial charge on any atom is 0.0887 e. The Morgan fingerprint density at radius 1 is 1.35 bits per heavy atom. The molecular formula is C13H16Cl2O2. The first-order valence-corrected chi connectivity index (χ1v) is 6.51. The van der Waals surface area contributed by atoms with Crippen LogP contribution in [0.1, 0.15) is 25.3 Å². The fraction of sp³-hybridized carbons (Fsp3) is 0.538. The van der Waals surface area contributed by atoms with E-state index in [1.165, 1.54) is 0 Å². The second-order valence-electron chi connectivity index (χ2n) is 4.59. The second-order valence-corrected chi connectivity index (χ2v) is 5.41. The lowest BCUT2D eigenvalue weighted by Crippen LogP contribution is -2.29. The minimum atomic E-state index is -0.145. The third kappa shape index (κ3) is 3.35. The lowest BCUT2D eigenvalue weighted by atomic mass is 10.0. The average molecular weight is 275 g/mol. The number of hydrogen-bond donors (Lipinski definition) is 0. The molecule has 94 valence electrons. The molecule has 1 heterocycles. The third-order valence-corrected chi connectivity index (χ3v) is 3.72. The van der Waals surface area contributed by atoms with Gasteiger partial charge in [0.25, 0.3) is 0 Å². The Hall–Kier alpha value is -0.280. The van der Waals surface area contributed by atoms with E-state index >= 15 is 0 Å². The summed E-state index contributed by atoms with van der Waals surface area (Å²) in [6.07, 6.45) is 2.15. The molecule has 0 amide bonds. The molecule has 2 rings (SSSR count). The van der Waals surface area contributed by atoms with Gasteiger partial charge in [0.05, 0.1) is 18.8 Å². The highest BCUT2D eigenvalue weighted by Crippen LogP contribution is 2.28. The van der Waals surface area contributed by atoms with Gasteiger partial charge in [-0.2, -0.15) is 0 Å². The van der Waals surface area contributed by atoms with E-state index in [1.807, 2.05) is 18.2 Å². The topological polar surface area (TPSA) is 18.5 Å². The molecule has 0 bridgehead atoms. The fourth-order valence-electron chi connectivity index (χ4n) is 1.99. The normalized spacial score (nSPS) is 24.2. The van der Waals surface area contributed by atoms with Crippen molar-refractivity contribution in [1.29, 1.82) is 0 Å². The number of halogens is 2. The Kier molecular flexibility index (Phi) is 4.31. The molecule has 17 heavy (non-hydrogen) atoms. The molecule has 1 unspecified atom stereocenters. The lowest BCUT2D eigenvalue weighted by Gasteiger charge is -2.23. The van der Waals surface area contributed by atoms with Crippen LogP contribution in [0.15, 0.2) is 18.2 Å². The molecule has 1 aromatic rings. The van der Waals surface area contributed by atoms with Gasteiger partial charge in [-0.25, -0.2) is 0 Å². The van der Waals surface area contributed by atoms with Crippen LogP contribution in [0.3, 0.4) is 0 Å². The zero-order valence-electron chi connectivity index (χ0n) is 9.84. The number of hydrogen-bond acceptors (Lipinski definition) is 2. The third-order valence-electron chi connectivity index (χ3n) is 3.02. The summed E-state index contributed by atoms with van der Waals surface area (Å²) < 4.78 is 11.3. The quantitative estimate of drug-likeness (QED) is 0.824. The van der Waals surface area contributed by atoms with Crippen molar-refractivity contribution in [2.45, 2.75) is 32.0 Å². The van der Waals surface area contributed by atoms with Gasteiger partial charge in [-0.05, 0) is 31.9 Å². The van der Waals surface area contributed by atoms with Crippen molar-refractivity contribution in [3.8, 4) is 0 Å². The molecule has 0 aliphatic carbocycles. The molecule has 0 spiro atoms. The van der Waals surface area contributed by atoms with Crippen LogP contribution in [0.25, 0.3) is 0 Å². The fourth-order valence-corrected chi connectivity index (χ4v) is 2.50. The molecule has 1 fully saturated rings. The van der Waals surface area contributed by atoms with Gasteiger partial charge in [-0.15, -0.1) is 0 Å². The van der Waals surface area contributed by atoms with Crippen LogP contribution >= 0.6 is 23.2 Å².